The number of nitrogens with zero attached hydrogens (tertiary/aromatic N) is 2. The number of anilines is 2. The third-order valence-electron chi connectivity index (χ3n) is 4.59. The highest BCUT2D eigenvalue weighted by atomic mass is 16.2. The Labute approximate surface area is 147 Å². The average Bonchev–Trinajstić information content (AvgIpc) is 3.38. The molecule has 1 saturated carbocycles. The summed E-state index contributed by atoms with van der Waals surface area (Å²) in [5.74, 6) is 0.258. The minimum absolute atomic E-state index is 0.0383. The van der Waals surface area contributed by atoms with Gasteiger partial charge in [0.05, 0.1) is 11.4 Å². The summed E-state index contributed by atoms with van der Waals surface area (Å²) >= 11 is 0. The lowest BCUT2D eigenvalue weighted by Crippen LogP contribution is -2.48. The molecular formula is C18H24N4O3. The van der Waals surface area contributed by atoms with Crippen molar-refractivity contribution in [3.8, 4) is 0 Å². The van der Waals surface area contributed by atoms with Crippen LogP contribution in [-0.4, -0.2) is 48.9 Å². The van der Waals surface area contributed by atoms with Crippen molar-refractivity contribution in [3.63, 3.8) is 0 Å². The summed E-state index contributed by atoms with van der Waals surface area (Å²) in [4.78, 5) is 40.0. The van der Waals surface area contributed by atoms with Gasteiger partial charge < -0.3 is 20.4 Å². The predicted molar refractivity (Wildman–Crippen MR) is 95.4 cm³/mol. The van der Waals surface area contributed by atoms with Crippen LogP contribution in [0.1, 0.15) is 26.2 Å². The molecule has 134 valence electrons. The van der Waals surface area contributed by atoms with Crippen molar-refractivity contribution in [3.05, 3.63) is 24.3 Å². The topological polar surface area (TPSA) is 81.8 Å². The van der Waals surface area contributed by atoms with E-state index in [1.54, 1.807) is 18.0 Å². The third-order valence-corrected chi connectivity index (χ3v) is 4.59. The third kappa shape index (κ3) is 4.10. The number of amides is 4. The first kappa shape index (κ1) is 17.3. The Hall–Kier alpha value is -2.57. The number of fused-ring (bicyclic) bond motifs is 1. The van der Waals surface area contributed by atoms with Gasteiger partial charge in [-0.05, 0) is 37.8 Å². The van der Waals surface area contributed by atoms with Crippen LogP contribution in [0.25, 0.3) is 0 Å². The lowest BCUT2D eigenvalue weighted by molar-refractivity contribution is -0.119. The fourth-order valence-corrected chi connectivity index (χ4v) is 3.01. The van der Waals surface area contributed by atoms with E-state index in [1.807, 2.05) is 25.1 Å². The fourth-order valence-electron chi connectivity index (χ4n) is 3.01. The molecule has 3 rings (SSSR count). The van der Waals surface area contributed by atoms with Gasteiger partial charge in [0.2, 0.25) is 11.8 Å². The van der Waals surface area contributed by atoms with Crippen LogP contribution in [0.15, 0.2) is 24.3 Å². The zero-order chi connectivity index (χ0) is 18.0. The molecule has 0 unspecified atom stereocenters. The normalized spacial score (nSPS) is 19.5. The summed E-state index contributed by atoms with van der Waals surface area (Å²) in [6.45, 7) is 2.47. The van der Waals surface area contributed by atoms with E-state index in [1.165, 1.54) is 4.90 Å². The number of urea groups is 1. The molecule has 1 aromatic rings. The van der Waals surface area contributed by atoms with Crippen LogP contribution >= 0.6 is 0 Å². The van der Waals surface area contributed by atoms with E-state index in [2.05, 4.69) is 10.6 Å². The van der Waals surface area contributed by atoms with Crippen LogP contribution < -0.4 is 15.5 Å². The number of benzene rings is 1. The molecule has 4 amide bonds. The highest BCUT2D eigenvalue weighted by molar-refractivity contribution is 6.05. The van der Waals surface area contributed by atoms with Gasteiger partial charge in [-0.3, -0.25) is 9.59 Å². The van der Waals surface area contributed by atoms with Crippen LogP contribution in [0, 0.1) is 5.92 Å². The second-order valence-corrected chi connectivity index (χ2v) is 6.87. The Kier molecular flexibility index (Phi) is 4.92. The van der Waals surface area contributed by atoms with E-state index in [-0.39, 0.29) is 36.9 Å². The molecular weight excluding hydrogens is 320 g/mol. The van der Waals surface area contributed by atoms with E-state index in [0.29, 0.717) is 23.8 Å². The summed E-state index contributed by atoms with van der Waals surface area (Å²) in [5, 5.41) is 5.68. The van der Waals surface area contributed by atoms with Gasteiger partial charge in [0, 0.05) is 26.1 Å². The molecule has 0 spiro atoms. The van der Waals surface area contributed by atoms with Crippen molar-refractivity contribution >= 4 is 29.2 Å². The van der Waals surface area contributed by atoms with Crippen molar-refractivity contribution in [1.29, 1.82) is 0 Å². The van der Waals surface area contributed by atoms with Gasteiger partial charge in [0.1, 0.15) is 6.54 Å². The molecule has 2 aliphatic rings. The monoisotopic (exact) mass is 344 g/mol. The largest absolute Gasteiger partial charge is 0.338 e. The zero-order valence-electron chi connectivity index (χ0n) is 14.6. The van der Waals surface area contributed by atoms with Crippen molar-refractivity contribution in [2.45, 2.75) is 32.2 Å². The molecule has 7 nitrogen and oxygen atoms in total. The standard InChI is InChI=1S/C18H24N4O3/c1-12-9-16(23)20-14-5-3-4-6-15(14)22(12)17(24)11-21(2)18(25)19-10-13-7-8-13/h3-6,12-13H,7-11H2,1-2H3,(H,19,25)(H,20,23)/t12-/m0/s1. The molecule has 0 saturated heterocycles. The zero-order valence-corrected chi connectivity index (χ0v) is 14.6. The number of rotatable bonds is 4. The van der Waals surface area contributed by atoms with Gasteiger partial charge in [-0.15, -0.1) is 0 Å². The maximum absolute atomic E-state index is 12.9. The molecule has 0 bridgehead atoms. The summed E-state index contributed by atoms with van der Waals surface area (Å²) in [7, 11) is 1.61. The van der Waals surface area contributed by atoms with Crippen molar-refractivity contribution in [2.75, 3.05) is 30.4 Å². The van der Waals surface area contributed by atoms with E-state index < -0.39 is 0 Å². The Morgan fingerprint density at radius 3 is 2.76 bits per heavy atom. The molecule has 2 N–H and O–H groups in total. The van der Waals surface area contributed by atoms with Gasteiger partial charge in [-0.2, -0.15) is 0 Å². The maximum atomic E-state index is 12.9. The van der Waals surface area contributed by atoms with E-state index in [0.717, 1.165) is 12.8 Å². The van der Waals surface area contributed by atoms with Crippen LogP contribution in [-0.2, 0) is 9.59 Å². The fraction of sp³-hybridized carbons (Fsp3) is 0.500. The summed E-state index contributed by atoms with van der Waals surface area (Å²) in [6.07, 6.45) is 2.54. The molecule has 1 aliphatic heterocycles. The summed E-state index contributed by atoms with van der Waals surface area (Å²) < 4.78 is 0. The van der Waals surface area contributed by atoms with Crippen molar-refractivity contribution in [2.24, 2.45) is 5.92 Å². The van der Waals surface area contributed by atoms with Gasteiger partial charge in [-0.25, -0.2) is 4.79 Å². The average molecular weight is 344 g/mol. The molecule has 1 fully saturated rings. The minimum Gasteiger partial charge on any atom is -0.338 e. The van der Waals surface area contributed by atoms with E-state index >= 15 is 0 Å². The number of carbonyl (C=O) groups excluding carboxylic acids is 3. The molecule has 1 aromatic carbocycles. The SMILES string of the molecule is C[C@H]1CC(=O)Nc2ccccc2N1C(=O)CN(C)C(=O)NCC1CC1. The lowest BCUT2D eigenvalue weighted by atomic mass is 10.1. The molecule has 1 aliphatic carbocycles. The van der Waals surface area contributed by atoms with Gasteiger partial charge in [0.25, 0.3) is 0 Å². The Morgan fingerprint density at radius 1 is 1.32 bits per heavy atom. The lowest BCUT2D eigenvalue weighted by Gasteiger charge is -2.29. The van der Waals surface area contributed by atoms with Crippen LogP contribution in [0.2, 0.25) is 0 Å². The van der Waals surface area contributed by atoms with Crippen molar-refractivity contribution in [1.82, 2.24) is 10.2 Å². The van der Waals surface area contributed by atoms with Gasteiger partial charge >= 0.3 is 6.03 Å². The van der Waals surface area contributed by atoms with Gasteiger partial charge in [-0.1, -0.05) is 12.1 Å². The summed E-state index contributed by atoms with van der Waals surface area (Å²) in [5.41, 5.74) is 1.28. The van der Waals surface area contributed by atoms with E-state index in [9.17, 15) is 14.4 Å². The summed E-state index contributed by atoms with van der Waals surface area (Å²) in [6, 6.07) is 6.70. The first-order chi connectivity index (χ1) is 12.0. The number of nitrogens with one attached hydrogen (secondary N) is 2. The second-order valence-electron chi connectivity index (χ2n) is 6.87. The Balaban J connectivity index is 1.71. The highest BCUT2D eigenvalue weighted by Crippen LogP contribution is 2.31. The maximum Gasteiger partial charge on any atom is 0.317 e. The van der Waals surface area contributed by atoms with Gasteiger partial charge in [0.15, 0.2) is 0 Å². The molecule has 1 heterocycles. The molecule has 0 radical (unpaired) electrons. The quantitative estimate of drug-likeness (QED) is 0.874. The van der Waals surface area contributed by atoms with Crippen LogP contribution in [0.4, 0.5) is 16.2 Å². The number of likely N-dealkylation sites (N-methyl/N-ethyl adjacent to an activating group) is 1. The first-order valence-electron chi connectivity index (χ1n) is 8.65. The Morgan fingerprint density at radius 2 is 2.04 bits per heavy atom. The molecule has 25 heavy (non-hydrogen) atoms. The van der Waals surface area contributed by atoms with Crippen molar-refractivity contribution < 1.29 is 14.4 Å². The second kappa shape index (κ2) is 7.13. The minimum atomic E-state index is -0.279. The number of para-hydroxylation sites is 2. The smallest absolute Gasteiger partial charge is 0.317 e. The Bertz CT molecular complexity index is 687. The molecule has 0 aromatic heterocycles. The van der Waals surface area contributed by atoms with Crippen LogP contribution in [0.5, 0.6) is 0 Å². The first-order valence-corrected chi connectivity index (χ1v) is 8.65. The molecule has 1 atom stereocenters. The predicted octanol–water partition coefficient (Wildman–Crippen LogP) is 1.80. The molecule has 7 heteroatoms. The number of carbonyl (C=O) groups is 3. The van der Waals surface area contributed by atoms with Crippen LogP contribution in [0.3, 0.4) is 0 Å². The van der Waals surface area contributed by atoms with E-state index in [4.69, 9.17) is 0 Å². The number of hydrogen-bond donors (Lipinski definition) is 2. The number of hydrogen-bond acceptors (Lipinski definition) is 3. The highest BCUT2D eigenvalue weighted by Gasteiger charge is 2.30.